The van der Waals surface area contributed by atoms with Gasteiger partial charge in [-0.1, -0.05) is 13.8 Å². The van der Waals surface area contributed by atoms with Gasteiger partial charge >= 0.3 is 0 Å². The Labute approximate surface area is 107 Å². The largest absolute Gasteiger partial charge is 0.469 e. The van der Waals surface area contributed by atoms with Crippen LogP contribution < -0.4 is 5.32 Å². The standard InChI is InChI=1S/C14H19N3O/c1-8(2)12-9(3)16-13(17-14(12)15-5)11-6-7-18-10(11)4/h6-8H,1-5H3,(H,15,16,17). The Balaban J connectivity index is 2.60. The normalized spacial score (nSPS) is 11.0. The monoisotopic (exact) mass is 245 g/mol. The molecule has 2 heterocycles. The zero-order chi connectivity index (χ0) is 13.3. The van der Waals surface area contributed by atoms with Gasteiger partial charge < -0.3 is 9.73 Å². The van der Waals surface area contributed by atoms with E-state index >= 15 is 0 Å². The molecule has 0 bridgehead atoms. The van der Waals surface area contributed by atoms with Crippen LogP contribution >= 0.6 is 0 Å². The number of furan rings is 1. The molecule has 0 aliphatic rings. The van der Waals surface area contributed by atoms with E-state index in [0.717, 1.165) is 22.8 Å². The van der Waals surface area contributed by atoms with Crippen LogP contribution in [0, 0.1) is 13.8 Å². The van der Waals surface area contributed by atoms with Gasteiger partial charge in [0.2, 0.25) is 0 Å². The van der Waals surface area contributed by atoms with Crippen molar-refractivity contribution in [1.29, 1.82) is 0 Å². The highest BCUT2D eigenvalue weighted by molar-refractivity contribution is 5.61. The van der Waals surface area contributed by atoms with E-state index in [1.807, 2.05) is 27.0 Å². The van der Waals surface area contributed by atoms with Gasteiger partial charge in [-0.25, -0.2) is 9.97 Å². The maximum atomic E-state index is 5.31. The van der Waals surface area contributed by atoms with Crippen LogP contribution in [0.25, 0.3) is 11.4 Å². The summed E-state index contributed by atoms with van der Waals surface area (Å²) >= 11 is 0. The first kappa shape index (κ1) is 12.6. The molecular weight excluding hydrogens is 226 g/mol. The van der Waals surface area contributed by atoms with E-state index in [1.165, 1.54) is 5.56 Å². The summed E-state index contributed by atoms with van der Waals surface area (Å²) in [6.07, 6.45) is 1.67. The topological polar surface area (TPSA) is 51.0 Å². The van der Waals surface area contributed by atoms with Gasteiger partial charge in [0, 0.05) is 18.3 Å². The first-order valence-electron chi connectivity index (χ1n) is 6.15. The van der Waals surface area contributed by atoms with Crippen LogP contribution in [0.3, 0.4) is 0 Å². The van der Waals surface area contributed by atoms with Gasteiger partial charge in [0.15, 0.2) is 5.82 Å². The summed E-state index contributed by atoms with van der Waals surface area (Å²) in [6.45, 7) is 8.24. The van der Waals surface area contributed by atoms with Gasteiger partial charge in [-0.3, -0.25) is 0 Å². The van der Waals surface area contributed by atoms with Gasteiger partial charge in [0.25, 0.3) is 0 Å². The molecule has 0 aliphatic heterocycles. The first-order valence-corrected chi connectivity index (χ1v) is 6.15. The van der Waals surface area contributed by atoms with Crippen molar-refractivity contribution in [2.75, 3.05) is 12.4 Å². The third-order valence-electron chi connectivity index (χ3n) is 3.05. The van der Waals surface area contributed by atoms with Crippen LogP contribution in [0.4, 0.5) is 5.82 Å². The lowest BCUT2D eigenvalue weighted by atomic mass is 10.0. The molecule has 96 valence electrons. The molecule has 4 heteroatoms. The molecule has 2 aromatic heterocycles. The minimum atomic E-state index is 0.395. The zero-order valence-electron chi connectivity index (χ0n) is 11.5. The van der Waals surface area contributed by atoms with Crippen LogP contribution in [0.15, 0.2) is 16.7 Å². The van der Waals surface area contributed by atoms with Crippen molar-refractivity contribution in [3.8, 4) is 11.4 Å². The Morgan fingerprint density at radius 3 is 2.44 bits per heavy atom. The second-order valence-electron chi connectivity index (χ2n) is 4.69. The lowest BCUT2D eigenvalue weighted by molar-refractivity contribution is 0.535. The number of nitrogens with one attached hydrogen (secondary N) is 1. The van der Waals surface area contributed by atoms with Crippen LogP contribution in [0.5, 0.6) is 0 Å². The second kappa shape index (κ2) is 4.80. The minimum absolute atomic E-state index is 0.395. The third kappa shape index (κ3) is 2.10. The lowest BCUT2D eigenvalue weighted by Gasteiger charge is -2.15. The molecule has 2 aromatic rings. The number of hydrogen-bond donors (Lipinski definition) is 1. The summed E-state index contributed by atoms with van der Waals surface area (Å²) in [5, 5.41) is 3.16. The molecule has 0 aliphatic carbocycles. The van der Waals surface area contributed by atoms with Crippen molar-refractivity contribution < 1.29 is 4.42 Å². The number of aryl methyl sites for hydroxylation is 2. The Kier molecular flexibility index (Phi) is 3.36. The van der Waals surface area contributed by atoms with E-state index < -0.39 is 0 Å². The Bertz CT molecular complexity index is 558. The molecule has 0 saturated heterocycles. The van der Waals surface area contributed by atoms with Gasteiger partial charge in [0.1, 0.15) is 11.6 Å². The van der Waals surface area contributed by atoms with Crippen LogP contribution in [0.1, 0.15) is 36.8 Å². The lowest BCUT2D eigenvalue weighted by Crippen LogP contribution is -2.07. The second-order valence-corrected chi connectivity index (χ2v) is 4.69. The van der Waals surface area contributed by atoms with Gasteiger partial charge in [0.05, 0.1) is 11.8 Å². The minimum Gasteiger partial charge on any atom is -0.469 e. The van der Waals surface area contributed by atoms with Crippen molar-refractivity contribution in [2.45, 2.75) is 33.6 Å². The molecule has 1 N–H and O–H groups in total. The van der Waals surface area contributed by atoms with E-state index in [0.29, 0.717) is 11.7 Å². The zero-order valence-corrected chi connectivity index (χ0v) is 11.5. The Morgan fingerprint density at radius 1 is 1.22 bits per heavy atom. The SMILES string of the molecule is CNc1nc(-c2ccoc2C)nc(C)c1C(C)C. The van der Waals surface area contributed by atoms with Crippen molar-refractivity contribution in [1.82, 2.24) is 9.97 Å². The van der Waals surface area contributed by atoms with Crippen molar-refractivity contribution in [3.63, 3.8) is 0 Å². The molecule has 18 heavy (non-hydrogen) atoms. The molecule has 4 nitrogen and oxygen atoms in total. The number of nitrogens with zero attached hydrogens (tertiary/aromatic N) is 2. The summed E-state index contributed by atoms with van der Waals surface area (Å²) in [6, 6.07) is 1.90. The fraction of sp³-hybridized carbons (Fsp3) is 0.429. The summed E-state index contributed by atoms with van der Waals surface area (Å²) in [5.74, 6) is 2.85. The van der Waals surface area contributed by atoms with Crippen LogP contribution in [0.2, 0.25) is 0 Å². The molecule has 0 fully saturated rings. The summed E-state index contributed by atoms with van der Waals surface area (Å²) < 4.78 is 5.31. The van der Waals surface area contributed by atoms with Crippen LogP contribution in [-0.2, 0) is 0 Å². The summed E-state index contributed by atoms with van der Waals surface area (Å²) in [4.78, 5) is 9.19. The number of aromatic nitrogens is 2. The third-order valence-corrected chi connectivity index (χ3v) is 3.05. The Morgan fingerprint density at radius 2 is 1.94 bits per heavy atom. The molecular formula is C14H19N3O. The van der Waals surface area contributed by atoms with E-state index in [2.05, 4.69) is 29.1 Å². The summed E-state index contributed by atoms with van der Waals surface area (Å²) in [7, 11) is 1.89. The van der Waals surface area contributed by atoms with E-state index in [1.54, 1.807) is 6.26 Å². The highest BCUT2D eigenvalue weighted by atomic mass is 16.3. The molecule has 0 amide bonds. The van der Waals surface area contributed by atoms with Crippen molar-refractivity contribution >= 4 is 5.82 Å². The van der Waals surface area contributed by atoms with Crippen molar-refractivity contribution in [3.05, 3.63) is 29.3 Å². The molecule has 0 saturated carbocycles. The van der Waals surface area contributed by atoms with E-state index in [9.17, 15) is 0 Å². The molecule has 0 spiro atoms. The fourth-order valence-corrected chi connectivity index (χ4v) is 2.20. The van der Waals surface area contributed by atoms with Crippen molar-refractivity contribution in [2.24, 2.45) is 0 Å². The molecule has 0 aromatic carbocycles. The number of rotatable bonds is 3. The van der Waals surface area contributed by atoms with Gasteiger partial charge in [-0.15, -0.1) is 0 Å². The average molecular weight is 245 g/mol. The molecule has 0 radical (unpaired) electrons. The number of anilines is 1. The first-order chi connectivity index (χ1) is 8.54. The quantitative estimate of drug-likeness (QED) is 0.898. The molecule has 2 rings (SSSR count). The predicted octanol–water partition coefficient (Wildman–Crippen LogP) is 3.52. The van der Waals surface area contributed by atoms with Gasteiger partial charge in [-0.05, 0) is 25.8 Å². The maximum absolute atomic E-state index is 5.31. The van der Waals surface area contributed by atoms with Crippen LogP contribution in [-0.4, -0.2) is 17.0 Å². The maximum Gasteiger partial charge on any atom is 0.165 e. The predicted molar refractivity (Wildman–Crippen MR) is 72.8 cm³/mol. The smallest absolute Gasteiger partial charge is 0.165 e. The van der Waals surface area contributed by atoms with E-state index in [4.69, 9.17) is 4.42 Å². The summed E-state index contributed by atoms with van der Waals surface area (Å²) in [5.41, 5.74) is 3.13. The Hall–Kier alpha value is -1.84. The highest BCUT2D eigenvalue weighted by Crippen LogP contribution is 2.29. The van der Waals surface area contributed by atoms with Gasteiger partial charge in [-0.2, -0.15) is 0 Å². The van der Waals surface area contributed by atoms with E-state index in [-0.39, 0.29) is 0 Å². The molecule has 0 atom stereocenters. The molecule has 0 unspecified atom stereocenters. The highest BCUT2D eigenvalue weighted by Gasteiger charge is 2.16. The average Bonchev–Trinajstić information content (AvgIpc) is 2.73. The number of hydrogen-bond acceptors (Lipinski definition) is 4. The fourth-order valence-electron chi connectivity index (χ4n) is 2.20.